The van der Waals surface area contributed by atoms with Crippen molar-refractivity contribution in [2.75, 3.05) is 23.7 Å². The number of para-hydroxylation sites is 4. The Balaban J connectivity index is 0.834. The maximum Gasteiger partial charge on any atom is 0.251 e. The molecule has 8 nitrogen and oxygen atoms in total. The topological polar surface area (TPSA) is 108 Å². The Labute approximate surface area is 294 Å². The third kappa shape index (κ3) is 6.63. The number of nitrogens with zero attached hydrogens (tertiary/aromatic N) is 2. The Hall–Kier alpha value is -6.80. The number of pyridine rings is 2. The van der Waals surface area contributed by atoms with Crippen molar-refractivity contribution < 1.29 is 9.59 Å². The highest BCUT2D eigenvalue weighted by Crippen LogP contribution is 2.34. The Bertz CT molecular complexity index is 2260. The van der Waals surface area contributed by atoms with E-state index >= 15 is 0 Å². The summed E-state index contributed by atoms with van der Waals surface area (Å²) in [4.78, 5) is 35.3. The van der Waals surface area contributed by atoms with Crippen LogP contribution in [-0.4, -0.2) is 34.9 Å². The van der Waals surface area contributed by atoms with Gasteiger partial charge in [-0.05, 0) is 79.2 Å². The minimum absolute atomic E-state index is 0.162. The average Bonchev–Trinajstić information content (AvgIpc) is 3.18. The van der Waals surface area contributed by atoms with Gasteiger partial charge in [-0.2, -0.15) is 0 Å². The molecule has 8 aromatic rings. The number of nitrogens with one attached hydrogen (secondary N) is 4. The highest BCUT2D eigenvalue weighted by atomic mass is 16.2. The van der Waals surface area contributed by atoms with E-state index in [1.807, 2.05) is 121 Å². The van der Waals surface area contributed by atoms with Gasteiger partial charge >= 0.3 is 0 Å². The number of benzene rings is 6. The van der Waals surface area contributed by atoms with E-state index in [4.69, 9.17) is 9.97 Å². The van der Waals surface area contributed by atoms with Gasteiger partial charge < -0.3 is 21.3 Å². The van der Waals surface area contributed by atoms with Gasteiger partial charge in [0.25, 0.3) is 11.8 Å². The van der Waals surface area contributed by atoms with Crippen molar-refractivity contribution in [2.45, 2.75) is 6.42 Å². The fraction of sp³-hybridized carbons (Fsp3) is 0.0698. The van der Waals surface area contributed by atoms with Gasteiger partial charge in [0.2, 0.25) is 0 Å². The molecule has 6 aromatic carbocycles. The number of carbonyl (C=O) groups is 2. The second-order valence-electron chi connectivity index (χ2n) is 12.3. The van der Waals surface area contributed by atoms with E-state index < -0.39 is 0 Å². The lowest BCUT2D eigenvalue weighted by molar-refractivity contribution is 0.0951. The summed E-state index contributed by atoms with van der Waals surface area (Å²) in [7, 11) is 0. The van der Waals surface area contributed by atoms with Crippen LogP contribution >= 0.6 is 0 Å². The van der Waals surface area contributed by atoms with Gasteiger partial charge in [0.1, 0.15) is 0 Å². The maximum atomic E-state index is 12.9. The summed E-state index contributed by atoms with van der Waals surface area (Å²) in [5, 5.41) is 17.1. The SMILES string of the molecule is O=C(NCCCNC(=O)c1ccc(Nc2c3ccccc3nc3ccccc23)cc1)c1ccc(Nc2c3ccccc3nc3ccccc23)cc1. The first-order valence-electron chi connectivity index (χ1n) is 17.0. The summed E-state index contributed by atoms with van der Waals surface area (Å²) in [5.74, 6) is -0.323. The monoisotopic (exact) mass is 666 g/mol. The van der Waals surface area contributed by atoms with Crippen molar-refractivity contribution >= 4 is 78.2 Å². The molecule has 0 bridgehead atoms. The fourth-order valence-corrected chi connectivity index (χ4v) is 6.34. The van der Waals surface area contributed by atoms with Crippen LogP contribution in [-0.2, 0) is 0 Å². The van der Waals surface area contributed by atoms with Crippen molar-refractivity contribution in [1.82, 2.24) is 20.6 Å². The first-order valence-corrected chi connectivity index (χ1v) is 17.0. The lowest BCUT2D eigenvalue weighted by atomic mass is 10.1. The van der Waals surface area contributed by atoms with Gasteiger partial charge in [-0.1, -0.05) is 72.8 Å². The molecule has 51 heavy (non-hydrogen) atoms. The van der Waals surface area contributed by atoms with Gasteiger partial charge in [-0.25, -0.2) is 9.97 Å². The normalized spacial score (nSPS) is 11.1. The summed E-state index contributed by atoms with van der Waals surface area (Å²) < 4.78 is 0. The predicted octanol–water partition coefficient (Wildman–Crippen LogP) is 9.13. The van der Waals surface area contributed by atoms with Crippen LogP contribution in [0.25, 0.3) is 43.6 Å². The molecule has 0 atom stereocenters. The third-order valence-electron chi connectivity index (χ3n) is 8.93. The molecule has 0 aliphatic heterocycles. The van der Waals surface area contributed by atoms with Crippen LogP contribution in [0.1, 0.15) is 27.1 Å². The van der Waals surface area contributed by atoms with Gasteiger partial charge in [0, 0.05) is 57.1 Å². The first-order chi connectivity index (χ1) is 25.1. The number of carbonyl (C=O) groups excluding carboxylic acids is 2. The Morgan fingerprint density at radius 1 is 0.412 bits per heavy atom. The van der Waals surface area contributed by atoms with Crippen LogP contribution in [0.4, 0.5) is 22.7 Å². The van der Waals surface area contributed by atoms with Crippen molar-refractivity contribution in [3.63, 3.8) is 0 Å². The van der Waals surface area contributed by atoms with E-state index in [1.54, 1.807) is 0 Å². The molecule has 0 saturated heterocycles. The van der Waals surface area contributed by atoms with Gasteiger partial charge in [-0.3, -0.25) is 9.59 Å². The summed E-state index contributed by atoms with van der Waals surface area (Å²) >= 11 is 0. The molecule has 8 heteroatoms. The van der Waals surface area contributed by atoms with Crippen molar-refractivity contribution in [3.05, 3.63) is 157 Å². The molecule has 4 N–H and O–H groups in total. The molecule has 2 amide bonds. The van der Waals surface area contributed by atoms with Crippen molar-refractivity contribution in [1.29, 1.82) is 0 Å². The molecule has 0 aliphatic rings. The van der Waals surface area contributed by atoms with Crippen LogP contribution in [0.5, 0.6) is 0 Å². The number of hydrogen-bond donors (Lipinski definition) is 4. The van der Waals surface area contributed by atoms with Crippen molar-refractivity contribution in [2.24, 2.45) is 0 Å². The summed E-state index contributed by atoms with van der Waals surface area (Å²) in [6.45, 7) is 0.871. The summed E-state index contributed by atoms with van der Waals surface area (Å²) in [6.07, 6.45) is 0.598. The van der Waals surface area contributed by atoms with Gasteiger partial charge in [-0.15, -0.1) is 0 Å². The van der Waals surface area contributed by atoms with E-state index in [0.717, 1.165) is 66.4 Å². The third-order valence-corrected chi connectivity index (χ3v) is 8.93. The second kappa shape index (κ2) is 14.0. The molecular formula is C43H34N6O2. The first kappa shape index (κ1) is 31.5. The zero-order valence-electron chi connectivity index (χ0n) is 27.7. The van der Waals surface area contributed by atoms with E-state index in [1.165, 1.54) is 0 Å². The highest BCUT2D eigenvalue weighted by molar-refractivity contribution is 6.10. The minimum atomic E-state index is -0.162. The molecule has 0 radical (unpaired) electrons. The molecular weight excluding hydrogens is 633 g/mol. The van der Waals surface area contributed by atoms with Crippen molar-refractivity contribution in [3.8, 4) is 0 Å². The molecule has 0 fully saturated rings. The average molecular weight is 667 g/mol. The number of fused-ring (bicyclic) bond motifs is 4. The lowest BCUT2D eigenvalue weighted by Gasteiger charge is -2.14. The molecule has 2 heterocycles. The molecule has 248 valence electrons. The van der Waals surface area contributed by atoms with Crippen LogP contribution < -0.4 is 21.3 Å². The summed E-state index contributed by atoms with van der Waals surface area (Å²) in [6, 6.07) is 47.1. The number of rotatable bonds is 10. The van der Waals surface area contributed by atoms with Crippen LogP contribution in [0.15, 0.2) is 146 Å². The molecule has 2 aromatic heterocycles. The Kier molecular flexibility index (Phi) is 8.62. The quantitative estimate of drug-likeness (QED) is 0.0857. The molecule has 0 spiro atoms. The predicted molar refractivity (Wildman–Crippen MR) is 207 cm³/mol. The van der Waals surface area contributed by atoms with Crippen LogP contribution in [0.3, 0.4) is 0 Å². The number of amides is 2. The number of aromatic nitrogens is 2. The van der Waals surface area contributed by atoms with Crippen LogP contribution in [0, 0.1) is 0 Å². The molecule has 8 rings (SSSR count). The standard InChI is InChI=1S/C43H34N6O2/c50-42(28-18-22-30(23-19-28)46-40-32-10-1-5-14-36(32)48-37-15-6-2-11-33(37)40)44-26-9-27-45-43(51)29-20-24-31(25-21-29)47-41-34-12-3-7-16-38(34)49-39-17-8-4-13-35(39)41/h1-8,10-25H,9,26-27H2,(H,44,50)(H,45,51)(H,46,48)(H,47,49). The zero-order valence-corrected chi connectivity index (χ0v) is 27.7. The molecule has 0 saturated carbocycles. The van der Waals surface area contributed by atoms with Crippen LogP contribution in [0.2, 0.25) is 0 Å². The Morgan fingerprint density at radius 2 is 0.725 bits per heavy atom. The molecule has 0 unspecified atom stereocenters. The maximum absolute atomic E-state index is 12.9. The van der Waals surface area contributed by atoms with E-state index in [-0.39, 0.29) is 11.8 Å². The largest absolute Gasteiger partial charge is 0.354 e. The smallest absolute Gasteiger partial charge is 0.251 e. The lowest BCUT2D eigenvalue weighted by Crippen LogP contribution is -2.29. The highest BCUT2D eigenvalue weighted by Gasteiger charge is 2.12. The second-order valence-corrected chi connectivity index (χ2v) is 12.3. The van der Waals surface area contributed by atoms with E-state index in [0.29, 0.717) is 30.6 Å². The van der Waals surface area contributed by atoms with Gasteiger partial charge in [0.05, 0.1) is 33.4 Å². The van der Waals surface area contributed by atoms with E-state index in [2.05, 4.69) is 45.5 Å². The molecule has 0 aliphatic carbocycles. The Morgan fingerprint density at radius 3 is 1.06 bits per heavy atom. The number of hydrogen-bond acceptors (Lipinski definition) is 6. The zero-order chi connectivity index (χ0) is 34.6. The summed E-state index contributed by atoms with van der Waals surface area (Å²) in [5.41, 5.74) is 8.51. The van der Waals surface area contributed by atoms with Gasteiger partial charge in [0.15, 0.2) is 0 Å². The number of anilines is 4. The van der Waals surface area contributed by atoms with E-state index in [9.17, 15) is 9.59 Å². The fourth-order valence-electron chi connectivity index (χ4n) is 6.34. The minimum Gasteiger partial charge on any atom is -0.354 e.